The molecule has 0 aliphatic carbocycles. The lowest BCUT2D eigenvalue weighted by Gasteiger charge is -2.29. The van der Waals surface area contributed by atoms with Gasteiger partial charge in [0.05, 0.1) is 11.3 Å². The molecular weight excluding hydrogens is 292 g/mol. The van der Waals surface area contributed by atoms with Gasteiger partial charge < -0.3 is 14.9 Å². The predicted molar refractivity (Wildman–Crippen MR) is 89.1 cm³/mol. The average Bonchev–Trinajstić information content (AvgIpc) is 2.94. The molecule has 1 aromatic carbocycles. The standard InChI is InChI=1S/C18H24N2O3/c1-5-12(2)18(4,22)11-19-17(21)15-13(3)20-23-16(15)14-9-7-6-8-10-14/h6-10,12,22H,5,11H2,1-4H3,(H,19,21)/t12-,18+/m1/s1. The predicted octanol–water partition coefficient (Wildman–Crippen LogP) is 3.18. The summed E-state index contributed by atoms with van der Waals surface area (Å²) in [5.41, 5.74) is 0.787. The fraction of sp³-hybridized carbons (Fsp3) is 0.444. The Bertz CT molecular complexity index is 662. The molecule has 0 aliphatic rings. The first-order chi connectivity index (χ1) is 10.9. The zero-order valence-corrected chi connectivity index (χ0v) is 14.1. The zero-order chi connectivity index (χ0) is 17.0. The molecule has 23 heavy (non-hydrogen) atoms. The topological polar surface area (TPSA) is 75.4 Å². The Morgan fingerprint density at radius 1 is 1.39 bits per heavy atom. The number of benzene rings is 1. The maximum atomic E-state index is 12.6. The highest BCUT2D eigenvalue weighted by molar-refractivity contribution is 6.00. The molecule has 2 atom stereocenters. The molecule has 0 saturated carbocycles. The number of amides is 1. The van der Waals surface area contributed by atoms with Crippen molar-refractivity contribution in [2.45, 2.75) is 39.7 Å². The van der Waals surface area contributed by atoms with Crippen LogP contribution < -0.4 is 5.32 Å². The molecule has 0 fully saturated rings. The van der Waals surface area contributed by atoms with E-state index in [-0.39, 0.29) is 18.4 Å². The molecule has 0 bridgehead atoms. The van der Waals surface area contributed by atoms with Crippen LogP contribution in [0.3, 0.4) is 0 Å². The first-order valence-electron chi connectivity index (χ1n) is 7.89. The van der Waals surface area contributed by atoms with Crippen LogP contribution in [0, 0.1) is 12.8 Å². The van der Waals surface area contributed by atoms with E-state index in [1.807, 2.05) is 44.2 Å². The fourth-order valence-electron chi connectivity index (χ4n) is 2.39. The van der Waals surface area contributed by atoms with Crippen LogP contribution in [0.4, 0.5) is 0 Å². The lowest BCUT2D eigenvalue weighted by atomic mass is 9.88. The summed E-state index contributed by atoms with van der Waals surface area (Å²) >= 11 is 0. The summed E-state index contributed by atoms with van der Waals surface area (Å²) in [5.74, 6) is 0.245. The van der Waals surface area contributed by atoms with Crippen molar-refractivity contribution >= 4 is 5.91 Å². The van der Waals surface area contributed by atoms with Crippen LogP contribution in [0.1, 0.15) is 43.2 Å². The molecule has 0 aliphatic heterocycles. The van der Waals surface area contributed by atoms with Crippen LogP contribution in [-0.2, 0) is 0 Å². The quantitative estimate of drug-likeness (QED) is 0.858. The second kappa shape index (κ2) is 6.96. The van der Waals surface area contributed by atoms with Crippen LogP contribution in [0.25, 0.3) is 11.3 Å². The fourth-order valence-corrected chi connectivity index (χ4v) is 2.39. The van der Waals surface area contributed by atoms with Gasteiger partial charge in [-0.25, -0.2) is 0 Å². The Labute approximate surface area is 136 Å². The van der Waals surface area contributed by atoms with E-state index in [2.05, 4.69) is 10.5 Å². The number of hydrogen-bond acceptors (Lipinski definition) is 4. The lowest BCUT2D eigenvalue weighted by molar-refractivity contribution is 0.00592. The van der Waals surface area contributed by atoms with Gasteiger partial charge in [0, 0.05) is 12.1 Å². The number of carbonyl (C=O) groups excluding carboxylic acids is 1. The van der Waals surface area contributed by atoms with Crippen LogP contribution in [0.15, 0.2) is 34.9 Å². The molecule has 1 heterocycles. The lowest BCUT2D eigenvalue weighted by Crippen LogP contribution is -2.45. The van der Waals surface area contributed by atoms with Gasteiger partial charge in [0.15, 0.2) is 5.76 Å². The van der Waals surface area contributed by atoms with Crippen molar-refractivity contribution in [1.82, 2.24) is 10.5 Å². The van der Waals surface area contributed by atoms with Gasteiger partial charge in [0.2, 0.25) is 0 Å². The molecule has 124 valence electrons. The molecule has 0 radical (unpaired) electrons. The van der Waals surface area contributed by atoms with Crippen molar-refractivity contribution < 1.29 is 14.4 Å². The Morgan fingerprint density at radius 3 is 2.65 bits per heavy atom. The molecule has 0 spiro atoms. The molecule has 2 aromatic rings. The minimum Gasteiger partial charge on any atom is -0.388 e. The smallest absolute Gasteiger partial charge is 0.257 e. The van der Waals surface area contributed by atoms with Crippen molar-refractivity contribution in [2.24, 2.45) is 5.92 Å². The highest BCUT2D eigenvalue weighted by atomic mass is 16.5. The van der Waals surface area contributed by atoms with Crippen molar-refractivity contribution in [3.63, 3.8) is 0 Å². The van der Waals surface area contributed by atoms with E-state index < -0.39 is 5.60 Å². The highest BCUT2D eigenvalue weighted by Crippen LogP contribution is 2.26. The van der Waals surface area contributed by atoms with Gasteiger partial charge in [-0.2, -0.15) is 0 Å². The van der Waals surface area contributed by atoms with E-state index in [1.165, 1.54) is 0 Å². The zero-order valence-electron chi connectivity index (χ0n) is 14.1. The first kappa shape index (κ1) is 17.2. The van der Waals surface area contributed by atoms with Crippen molar-refractivity contribution in [3.05, 3.63) is 41.6 Å². The third-order valence-corrected chi connectivity index (χ3v) is 4.41. The van der Waals surface area contributed by atoms with E-state index in [0.717, 1.165) is 12.0 Å². The maximum Gasteiger partial charge on any atom is 0.257 e. The van der Waals surface area contributed by atoms with E-state index in [1.54, 1.807) is 13.8 Å². The first-order valence-corrected chi connectivity index (χ1v) is 7.89. The number of nitrogens with zero attached hydrogens (tertiary/aromatic N) is 1. The Hall–Kier alpha value is -2.14. The number of carbonyl (C=O) groups is 1. The number of aromatic nitrogens is 1. The molecule has 5 nitrogen and oxygen atoms in total. The van der Waals surface area contributed by atoms with Crippen LogP contribution in [0.2, 0.25) is 0 Å². The van der Waals surface area contributed by atoms with Crippen LogP contribution >= 0.6 is 0 Å². The van der Waals surface area contributed by atoms with Crippen LogP contribution in [-0.4, -0.2) is 28.3 Å². The molecule has 1 aromatic heterocycles. The summed E-state index contributed by atoms with van der Waals surface area (Å²) in [5, 5.41) is 17.1. The number of nitrogens with one attached hydrogen (secondary N) is 1. The number of hydrogen-bond donors (Lipinski definition) is 2. The monoisotopic (exact) mass is 316 g/mol. The van der Waals surface area contributed by atoms with E-state index >= 15 is 0 Å². The third-order valence-electron chi connectivity index (χ3n) is 4.41. The van der Waals surface area contributed by atoms with Gasteiger partial charge in [-0.05, 0) is 19.8 Å². The van der Waals surface area contributed by atoms with E-state index in [9.17, 15) is 9.90 Å². The summed E-state index contributed by atoms with van der Waals surface area (Å²) in [7, 11) is 0. The second-order valence-electron chi connectivity index (χ2n) is 6.19. The number of rotatable bonds is 6. The van der Waals surface area contributed by atoms with Crippen molar-refractivity contribution in [2.75, 3.05) is 6.54 Å². The summed E-state index contributed by atoms with van der Waals surface area (Å²) in [6, 6.07) is 9.39. The molecule has 0 saturated heterocycles. The van der Waals surface area contributed by atoms with Gasteiger partial charge in [-0.3, -0.25) is 4.79 Å². The van der Waals surface area contributed by atoms with Crippen LogP contribution in [0.5, 0.6) is 0 Å². The Morgan fingerprint density at radius 2 is 2.04 bits per heavy atom. The highest BCUT2D eigenvalue weighted by Gasteiger charge is 2.29. The van der Waals surface area contributed by atoms with Crippen molar-refractivity contribution in [1.29, 1.82) is 0 Å². The van der Waals surface area contributed by atoms with Gasteiger partial charge in [-0.1, -0.05) is 55.8 Å². The minimum atomic E-state index is -0.956. The molecular formula is C18H24N2O3. The molecule has 1 amide bonds. The average molecular weight is 316 g/mol. The molecule has 0 unspecified atom stereocenters. The SMILES string of the molecule is CC[C@@H](C)[C@@](C)(O)CNC(=O)c1c(C)noc1-c1ccccc1. The minimum absolute atomic E-state index is 0.0833. The third kappa shape index (κ3) is 3.79. The molecule has 2 rings (SSSR count). The summed E-state index contributed by atoms with van der Waals surface area (Å²) < 4.78 is 5.33. The largest absolute Gasteiger partial charge is 0.388 e. The van der Waals surface area contributed by atoms with Gasteiger partial charge in [-0.15, -0.1) is 0 Å². The summed E-state index contributed by atoms with van der Waals surface area (Å²) in [6.07, 6.45) is 0.838. The Kier molecular flexibility index (Phi) is 5.21. The number of aliphatic hydroxyl groups is 1. The summed E-state index contributed by atoms with van der Waals surface area (Å²) in [6.45, 7) is 7.63. The normalized spacial score (nSPS) is 15.0. The Balaban J connectivity index is 2.19. The van der Waals surface area contributed by atoms with Gasteiger partial charge in [0.1, 0.15) is 5.56 Å². The number of aryl methyl sites for hydroxylation is 1. The van der Waals surface area contributed by atoms with Crippen molar-refractivity contribution in [3.8, 4) is 11.3 Å². The maximum absolute atomic E-state index is 12.6. The van der Waals surface area contributed by atoms with E-state index in [0.29, 0.717) is 17.0 Å². The second-order valence-corrected chi connectivity index (χ2v) is 6.19. The van der Waals surface area contributed by atoms with Gasteiger partial charge >= 0.3 is 0 Å². The van der Waals surface area contributed by atoms with E-state index in [4.69, 9.17) is 4.52 Å². The molecule has 2 N–H and O–H groups in total. The molecule has 5 heteroatoms. The summed E-state index contributed by atoms with van der Waals surface area (Å²) in [4.78, 5) is 12.6. The van der Waals surface area contributed by atoms with Gasteiger partial charge in [0.25, 0.3) is 5.91 Å².